The highest BCUT2D eigenvalue weighted by atomic mass is 32.1. The maximum Gasteiger partial charge on any atom is 0.335 e. The molecule has 126 valence electrons. The molecule has 0 spiro atoms. The molecule has 0 unspecified atom stereocenters. The van der Waals surface area contributed by atoms with Crippen LogP contribution in [0.4, 0.5) is 0 Å². The number of hydrogen-bond acceptors (Lipinski definition) is 4. The molecule has 0 radical (unpaired) electrons. The van der Waals surface area contributed by atoms with E-state index < -0.39 is 5.97 Å². The summed E-state index contributed by atoms with van der Waals surface area (Å²) >= 11 is 1.37. The van der Waals surface area contributed by atoms with Crippen molar-refractivity contribution in [3.05, 3.63) is 84.4 Å². The molecular formula is C21H14N2O2S. The zero-order chi connectivity index (χ0) is 17.9. The Labute approximate surface area is 154 Å². The maximum atomic E-state index is 11.2. The van der Waals surface area contributed by atoms with E-state index >= 15 is 0 Å². The first-order chi connectivity index (χ1) is 12.7. The molecular weight excluding hydrogens is 344 g/mol. The minimum Gasteiger partial charge on any atom is -0.478 e. The van der Waals surface area contributed by atoms with Gasteiger partial charge in [0.25, 0.3) is 0 Å². The van der Waals surface area contributed by atoms with E-state index in [2.05, 4.69) is 9.36 Å². The fraction of sp³-hybridized carbons (Fsp3) is 0. The summed E-state index contributed by atoms with van der Waals surface area (Å²) in [7, 11) is 0. The minimum absolute atomic E-state index is 0.269. The Hall–Kier alpha value is -3.31. The second-order valence-corrected chi connectivity index (χ2v) is 6.51. The molecule has 0 saturated heterocycles. The molecule has 1 heterocycles. The van der Waals surface area contributed by atoms with E-state index in [1.807, 2.05) is 60.7 Å². The second kappa shape index (κ2) is 6.90. The Kier molecular flexibility index (Phi) is 4.29. The molecule has 0 bridgehead atoms. The van der Waals surface area contributed by atoms with Crippen molar-refractivity contribution >= 4 is 17.5 Å². The molecule has 0 fully saturated rings. The molecule has 0 saturated carbocycles. The molecule has 4 rings (SSSR count). The van der Waals surface area contributed by atoms with Gasteiger partial charge in [-0.15, -0.1) is 0 Å². The average molecular weight is 358 g/mol. The van der Waals surface area contributed by atoms with Crippen molar-refractivity contribution in [3.63, 3.8) is 0 Å². The highest BCUT2D eigenvalue weighted by Gasteiger charge is 2.10. The Morgan fingerprint density at radius 2 is 1.42 bits per heavy atom. The Bertz CT molecular complexity index is 1070. The number of hydrogen-bond donors (Lipinski definition) is 1. The molecule has 4 nitrogen and oxygen atoms in total. The zero-order valence-electron chi connectivity index (χ0n) is 13.7. The Morgan fingerprint density at radius 1 is 0.769 bits per heavy atom. The molecule has 5 heteroatoms. The summed E-state index contributed by atoms with van der Waals surface area (Å²) < 4.78 is 4.48. The van der Waals surface area contributed by atoms with Gasteiger partial charge in [-0.25, -0.2) is 9.78 Å². The van der Waals surface area contributed by atoms with Crippen molar-refractivity contribution in [1.29, 1.82) is 0 Å². The Balaban J connectivity index is 1.70. The van der Waals surface area contributed by atoms with Crippen LogP contribution in [0.2, 0.25) is 0 Å². The van der Waals surface area contributed by atoms with Crippen LogP contribution in [-0.2, 0) is 0 Å². The first-order valence-electron chi connectivity index (χ1n) is 8.04. The maximum absolute atomic E-state index is 11.2. The third kappa shape index (κ3) is 3.25. The number of aromatic nitrogens is 2. The monoisotopic (exact) mass is 358 g/mol. The standard InChI is InChI=1S/C21H14N2O2S/c24-21(25)18-11-5-9-16(13-18)15-8-4-10-17(12-15)19-22-20(26-23-19)14-6-2-1-3-7-14/h1-13H,(H,24,25). The summed E-state index contributed by atoms with van der Waals surface area (Å²) in [6.45, 7) is 0. The van der Waals surface area contributed by atoms with Crippen LogP contribution >= 0.6 is 11.5 Å². The molecule has 0 aliphatic rings. The van der Waals surface area contributed by atoms with Gasteiger partial charge in [0, 0.05) is 11.1 Å². The van der Waals surface area contributed by atoms with Crippen LogP contribution in [0.3, 0.4) is 0 Å². The summed E-state index contributed by atoms with van der Waals surface area (Å²) in [6.07, 6.45) is 0. The summed E-state index contributed by atoms with van der Waals surface area (Å²) in [6, 6.07) is 24.7. The number of carbonyl (C=O) groups is 1. The summed E-state index contributed by atoms with van der Waals surface area (Å²) in [5.74, 6) is -0.262. The van der Waals surface area contributed by atoms with Gasteiger partial charge < -0.3 is 5.11 Å². The number of nitrogens with zero attached hydrogens (tertiary/aromatic N) is 2. The molecule has 3 aromatic carbocycles. The van der Waals surface area contributed by atoms with Crippen molar-refractivity contribution in [3.8, 4) is 33.1 Å². The largest absolute Gasteiger partial charge is 0.478 e. The molecule has 0 aliphatic carbocycles. The summed E-state index contributed by atoms with van der Waals surface area (Å²) in [5, 5.41) is 10.1. The molecule has 0 atom stereocenters. The van der Waals surface area contributed by atoms with E-state index in [4.69, 9.17) is 0 Å². The number of aromatic carboxylic acids is 1. The molecule has 0 aliphatic heterocycles. The summed E-state index contributed by atoms with van der Waals surface area (Å²) in [5.41, 5.74) is 4.00. The minimum atomic E-state index is -0.934. The number of rotatable bonds is 4. The van der Waals surface area contributed by atoms with Gasteiger partial charge in [-0.05, 0) is 40.9 Å². The van der Waals surface area contributed by atoms with E-state index in [0.29, 0.717) is 5.82 Å². The van der Waals surface area contributed by atoms with Crippen LogP contribution in [0.1, 0.15) is 10.4 Å². The predicted octanol–water partition coefficient (Wildman–Crippen LogP) is 5.24. The predicted molar refractivity (Wildman–Crippen MR) is 103 cm³/mol. The molecule has 4 aromatic rings. The van der Waals surface area contributed by atoms with E-state index in [1.54, 1.807) is 18.2 Å². The lowest BCUT2D eigenvalue weighted by molar-refractivity contribution is 0.0697. The third-order valence-electron chi connectivity index (χ3n) is 4.01. The van der Waals surface area contributed by atoms with E-state index in [0.717, 1.165) is 27.3 Å². The van der Waals surface area contributed by atoms with Crippen molar-refractivity contribution in [2.45, 2.75) is 0 Å². The van der Waals surface area contributed by atoms with Crippen molar-refractivity contribution < 1.29 is 9.90 Å². The van der Waals surface area contributed by atoms with E-state index in [9.17, 15) is 9.90 Å². The van der Waals surface area contributed by atoms with Gasteiger partial charge in [-0.2, -0.15) is 4.37 Å². The van der Waals surface area contributed by atoms with Gasteiger partial charge in [0.05, 0.1) is 5.56 Å². The van der Waals surface area contributed by atoms with Crippen molar-refractivity contribution in [2.75, 3.05) is 0 Å². The normalized spacial score (nSPS) is 10.6. The highest BCUT2D eigenvalue weighted by Crippen LogP contribution is 2.29. The molecule has 26 heavy (non-hydrogen) atoms. The number of carboxylic acids is 1. The van der Waals surface area contributed by atoms with Gasteiger partial charge in [-0.3, -0.25) is 0 Å². The zero-order valence-corrected chi connectivity index (χ0v) is 14.5. The van der Waals surface area contributed by atoms with Gasteiger partial charge >= 0.3 is 5.97 Å². The fourth-order valence-corrected chi connectivity index (χ4v) is 3.40. The molecule has 1 N–H and O–H groups in total. The number of carboxylic acid groups (broad SMARTS) is 1. The molecule has 1 aromatic heterocycles. The third-order valence-corrected chi connectivity index (χ3v) is 4.77. The quantitative estimate of drug-likeness (QED) is 0.542. The Morgan fingerprint density at radius 3 is 2.19 bits per heavy atom. The summed E-state index contributed by atoms with van der Waals surface area (Å²) in [4.78, 5) is 15.8. The SMILES string of the molecule is O=C(O)c1cccc(-c2cccc(-c3nsc(-c4ccccc4)n3)c2)c1. The smallest absolute Gasteiger partial charge is 0.335 e. The van der Waals surface area contributed by atoms with E-state index in [-0.39, 0.29) is 5.56 Å². The van der Waals surface area contributed by atoms with Crippen LogP contribution in [0.5, 0.6) is 0 Å². The number of benzene rings is 3. The van der Waals surface area contributed by atoms with Crippen LogP contribution in [0.15, 0.2) is 78.9 Å². The van der Waals surface area contributed by atoms with Crippen LogP contribution in [0.25, 0.3) is 33.1 Å². The van der Waals surface area contributed by atoms with Crippen LogP contribution in [0, 0.1) is 0 Å². The van der Waals surface area contributed by atoms with Gasteiger partial charge in [0.15, 0.2) is 5.82 Å². The van der Waals surface area contributed by atoms with Crippen LogP contribution < -0.4 is 0 Å². The molecule has 0 amide bonds. The van der Waals surface area contributed by atoms with Crippen molar-refractivity contribution in [2.24, 2.45) is 0 Å². The average Bonchev–Trinajstić information content (AvgIpc) is 3.19. The lowest BCUT2D eigenvalue weighted by Crippen LogP contribution is -1.95. The first kappa shape index (κ1) is 16.2. The second-order valence-electron chi connectivity index (χ2n) is 5.76. The van der Waals surface area contributed by atoms with Gasteiger partial charge in [0.1, 0.15) is 5.01 Å². The van der Waals surface area contributed by atoms with Crippen molar-refractivity contribution in [1.82, 2.24) is 9.36 Å². The first-order valence-corrected chi connectivity index (χ1v) is 8.81. The van der Waals surface area contributed by atoms with Crippen LogP contribution in [-0.4, -0.2) is 20.4 Å². The van der Waals surface area contributed by atoms with Gasteiger partial charge in [0.2, 0.25) is 0 Å². The van der Waals surface area contributed by atoms with Gasteiger partial charge in [-0.1, -0.05) is 60.7 Å². The highest BCUT2D eigenvalue weighted by molar-refractivity contribution is 7.09. The lowest BCUT2D eigenvalue weighted by Gasteiger charge is -2.05. The van der Waals surface area contributed by atoms with E-state index in [1.165, 1.54) is 11.5 Å². The topological polar surface area (TPSA) is 63.1 Å². The fourth-order valence-electron chi connectivity index (χ4n) is 2.71. The lowest BCUT2D eigenvalue weighted by atomic mass is 10.0.